The molecule has 1 fully saturated rings. The van der Waals surface area contributed by atoms with Gasteiger partial charge in [-0.05, 0) is 43.2 Å². The highest BCUT2D eigenvalue weighted by molar-refractivity contribution is 6.34. The van der Waals surface area contributed by atoms with E-state index in [4.69, 9.17) is 11.6 Å². The van der Waals surface area contributed by atoms with Crippen molar-refractivity contribution < 1.29 is 14.5 Å². The van der Waals surface area contributed by atoms with E-state index in [1.807, 2.05) is 0 Å². The lowest BCUT2D eigenvalue weighted by Gasteiger charge is -2.26. The van der Waals surface area contributed by atoms with E-state index in [2.05, 4.69) is 5.32 Å². The van der Waals surface area contributed by atoms with Crippen LogP contribution in [0.5, 0.6) is 0 Å². The number of nitrogens with one attached hydrogen (secondary N) is 1. The number of hydrogen-bond donors (Lipinski definition) is 1. The zero-order valence-corrected chi connectivity index (χ0v) is 14.5. The topological polar surface area (TPSA) is 92.6 Å². The number of non-ortho nitro benzene ring substituents is 1. The number of nitrogens with zero attached hydrogens (tertiary/aromatic N) is 2. The second-order valence-corrected chi connectivity index (χ2v) is 6.33. The van der Waals surface area contributed by atoms with Crippen molar-refractivity contribution in [3.8, 4) is 0 Å². The van der Waals surface area contributed by atoms with Crippen LogP contribution in [0.1, 0.15) is 29.6 Å². The van der Waals surface area contributed by atoms with Gasteiger partial charge in [0, 0.05) is 36.5 Å². The van der Waals surface area contributed by atoms with Crippen molar-refractivity contribution in [3.63, 3.8) is 0 Å². The third-order valence-corrected chi connectivity index (χ3v) is 4.48. The van der Waals surface area contributed by atoms with Crippen LogP contribution in [0.25, 0.3) is 0 Å². The number of rotatable bonds is 4. The van der Waals surface area contributed by atoms with Gasteiger partial charge in [-0.1, -0.05) is 11.6 Å². The molecule has 1 N–H and O–H groups in total. The summed E-state index contributed by atoms with van der Waals surface area (Å²) in [6.07, 6.45) is 2.44. The average Bonchev–Trinajstić information content (AvgIpc) is 2.62. The van der Waals surface area contributed by atoms with E-state index in [-0.39, 0.29) is 22.2 Å². The van der Waals surface area contributed by atoms with Gasteiger partial charge in [0.2, 0.25) is 5.91 Å². The molecule has 134 valence electrons. The molecule has 0 spiro atoms. The average molecular weight is 374 g/mol. The van der Waals surface area contributed by atoms with Crippen molar-refractivity contribution in [2.24, 2.45) is 0 Å². The lowest BCUT2D eigenvalue weighted by molar-refractivity contribution is -0.384. The number of amides is 2. The van der Waals surface area contributed by atoms with Crippen LogP contribution in [0.15, 0.2) is 42.5 Å². The van der Waals surface area contributed by atoms with Gasteiger partial charge in [-0.25, -0.2) is 0 Å². The number of benzene rings is 2. The van der Waals surface area contributed by atoms with Crippen LogP contribution >= 0.6 is 11.6 Å². The minimum Gasteiger partial charge on any atom is -0.322 e. The summed E-state index contributed by atoms with van der Waals surface area (Å²) >= 11 is 5.97. The first-order chi connectivity index (χ1) is 12.5. The van der Waals surface area contributed by atoms with Crippen LogP contribution in [0, 0.1) is 10.1 Å². The van der Waals surface area contributed by atoms with E-state index in [1.165, 1.54) is 12.1 Å². The predicted octanol–water partition coefficient (Wildman–Crippen LogP) is 4.02. The zero-order valence-electron chi connectivity index (χ0n) is 13.8. The van der Waals surface area contributed by atoms with Gasteiger partial charge in [0.25, 0.3) is 11.6 Å². The van der Waals surface area contributed by atoms with E-state index in [0.717, 1.165) is 24.6 Å². The minimum atomic E-state index is -0.575. The van der Waals surface area contributed by atoms with Gasteiger partial charge in [-0.2, -0.15) is 0 Å². The molecule has 7 nitrogen and oxygen atoms in total. The number of carbonyl (C=O) groups excluding carboxylic acids is 2. The number of piperidine rings is 1. The maximum absolute atomic E-state index is 12.3. The van der Waals surface area contributed by atoms with Crippen LogP contribution in [0.3, 0.4) is 0 Å². The molecule has 0 bridgehead atoms. The van der Waals surface area contributed by atoms with Crippen molar-refractivity contribution >= 4 is 40.5 Å². The minimum absolute atomic E-state index is 0.00670. The number of nitro groups is 1. The highest BCUT2D eigenvalue weighted by Crippen LogP contribution is 2.25. The SMILES string of the molecule is O=C(Nc1ccc(N2CCCCC2=O)cc1)c1ccc([N+](=O)[O-])cc1Cl. The fourth-order valence-corrected chi connectivity index (χ4v) is 3.06. The van der Waals surface area contributed by atoms with E-state index >= 15 is 0 Å². The number of nitro benzene ring substituents is 1. The largest absolute Gasteiger partial charge is 0.322 e. The molecule has 0 saturated carbocycles. The molecule has 2 aromatic rings. The molecule has 0 unspecified atom stereocenters. The van der Waals surface area contributed by atoms with Gasteiger partial charge < -0.3 is 10.2 Å². The molecule has 1 aliphatic heterocycles. The van der Waals surface area contributed by atoms with Gasteiger partial charge in [0.15, 0.2) is 0 Å². The van der Waals surface area contributed by atoms with Gasteiger partial charge in [-0.3, -0.25) is 19.7 Å². The van der Waals surface area contributed by atoms with Gasteiger partial charge in [-0.15, -0.1) is 0 Å². The third kappa shape index (κ3) is 3.83. The van der Waals surface area contributed by atoms with E-state index < -0.39 is 10.8 Å². The van der Waals surface area contributed by atoms with Gasteiger partial charge >= 0.3 is 0 Å². The molecule has 2 aromatic carbocycles. The molecule has 26 heavy (non-hydrogen) atoms. The van der Waals surface area contributed by atoms with Crippen molar-refractivity contribution in [3.05, 3.63) is 63.2 Å². The second kappa shape index (κ2) is 7.53. The number of anilines is 2. The van der Waals surface area contributed by atoms with Gasteiger partial charge in [0.1, 0.15) is 0 Å². The lowest BCUT2D eigenvalue weighted by Crippen LogP contribution is -2.35. The molecule has 0 aromatic heterocycles. The Morgan fingerprint density at radius 3 is 2.50 bits per heavy atom. The Bertz CT molecular complexity index is 867. The Hall–Kier alpha value is -2.93. The van der Waals surface area contributed by atoms with Crippen molar-refractivity contribution in [1.29, 1.82) is 0 Å². The first-order valence-corrected chi connectivity index (χ1v) is 8.49. The van der Waals surface area contributed by atoms with Crippen LogP contribution in [0.2, 0.25) is 5.02 Å². The Morgan fingerprint density at radius 1 is 1.15 bits per heavy atom. The number of halogens is 1. The van der Waals surface area contributed by atoms with Crippen LogP contribution < -0.4 is 10.2 Å². The first kappa shape index (κ1) is 17.9. The molecule has 0 atom stereocenters. The third-order valence-electron chi connectivity index (χ3n) is 4.17. The number of carbonyl (C=O) groups is 2. The summed E-state index contributed by atoms with van der Waals surface area (Å²) in [5, 5.41) is 13.4. The summed E-state index contributed by atoms with van der Waals surface area (Å²) in [5.41, 5.74) is 1.30. The van der Waals surface area contributed by atoms with Crippen molar-refractivity contribution in [1.82, 2.24) is 0 Å². The fraction of sp³-hybridized carbons (Fsp3) is 0.222. The summed E-state index contributed by atoms with van der Waals surface area (Å²) in [5.74, 6) is -0.364. The molecular formula is C18H16ClN3O4. The molecule has 3 rings (SSSR count). The molecular weight excluding hydrogens is 358 g/mol. The first-order valence-electron chi connectivity index (χ1n) is 8.11. The Morgan fingerprint density at radius 2 is 1.88 bits per heavy atom. The van der Waals surface area contributed by atoms with Crippen molar-refractivity contribution in [2.75, 3.05) is 16.8 Å². The summed E-state index contributed by atoms with van der Waals surface area (Å²) in [7, 11) is 0. The second-order valence-electron chi connectivity index (χ2n) is 5.92. The number of hydrogen-bond acceptors (Lipinski definition) is 4. The van der Waals surface area contributed by atoms with E-state index in [1.54, 1.807) is 29.2 Å². The molecule has 0 radical (unpaired) electrons. The summed E-state index contributed by atoms with van der Waals surface area (Å²) < 4.78 is 0. The smallest absolute Gasteiger partial charge is 0.270 e. The lowest BCUT2D eigenvalue weighted by atomic mass is 10.1. The highest BCUT2D eigenvalue weighted by atomic mass is 35.5. The van der Waals surface area contributed by atoms with Crippen LogP contribution in [-0.4, -0.2) is 23.3 Å². The van der Waals surface area contributed by atoms with Crippen molar-refractivity contribution in [2.45, 2.75) is 19.3 Å². The quantitative estimate of drug-likeness (QED) is 0.647. The summed E-state index contributed by atoms with van der Waals surface area (Å²) in [6, 6.07) is 10.6. The molecule has 2 amide bonds. The predicted molar refractivity (Wildman–Crippen MR) is 98.7 cm³/mol. The zero-order chi connectivity index (χ0) is 18.7. The molecule has 1 saturated heterocycles. The molecule has 1 aliphatic rings. The van der Waals surface area contributed by atoms with E-state index in [9.17, 15) is 19.7 Å². The Labute approximate surface area is 154 Å². The molecule has 8 heteroatoms. The van der Waals surface area contributed by atoms with E-state index in [0.29, 0.717) is 18.7 Å². The standard InChI is InChI=1S/C18H16ClN3O4/c19-16-11-14(22(25)26)8-9-15(16)18(24)20-12-4-6-13(7-5-12)21-10-2-1-3-17(21)23/h4-9,11H,1-3,10H2,(H,20,24). The van der Waals surface area contributed by atoms with Crippen LogP contribution in [0.4, 0.5) is 17.1 Å². The normalized spacial score (nSPS) is 14.2. The summed E-state index contributed by atoms with van der Waals surface area (Å²) in [4.78, 5) is 36.2. The highest BCUT2D eigenvalue weighted by Gasteiger charge is 2.20. The monoisotopic (exact) mass is 373 g/mol. The Kier molecular flexibility index (Phi) is 5.18. The maximum atomic E-state index is 12.3. The molecule has 1 heterocycles. The van der Waals surface area contributed by atoms with Crippen LogP contribution in [-0.2, 0) is 4.79 Å². The summed E-state index contributed by atoms with van der Waals surface area (Å²) in [6.45, 7) is 0.697. The van der Waals surface area contributed by atoms with Gasteiger partial charge in [0.05, 0.1) is 15.5 Å². The fourth-order valence-electron chi connectivity index (χ4n) is 2.80. The molecule has 0 aliphatic carbocycles. The Balaban J connectivity index is 1.72. The maximum Gasteiger partial charge on any atom is 0.270 e.